The van der Waals surface area contributed by atoms with Crippen molar-refractivity contribution >= 4 is 5.97 Å². The summed E-state index contributed by atoms with van der Waals surface area (Å²) in [5.74, 6) is -0.657. The van der Waals surface area contributed by atoms with Gasteiger partial charge in [0.05, 0.1) is 6.10 Å². The minimum Gasteiger partial charge on any atom is -0.481 e. The average molecular weight is 455 g/mol. The van der Waals surface area contributed by atoms with E-state index in [1.165, 1.54) is 135 Å². The number of aliphatic hydroxyl groups is 1. The molecular formula is C29H58O3. The van der Waals surface area contributed by atoms with Crippen molar-refractivity contribution in [3.63, 3.8) is 0 Å². The van der Waals surface area contributed by atoms with Crippen molar-refractivity contribution in [2.75, 3.05) is 0 Å². The Bertz CT molecular complexity index is 369. The lowest BCUT2D eigenvalue weighted by Gasteiger charge is -2.10. The van der Waals surface area contributed by atoms with E-state index in [2.05, 4.69) is 6.92 Å². The van der Waals surface area contributed by atoms with Gasteiger partial charge in [-0.3, -0.25) is 4.79 Å². The molecule has 0 aliphatic heterocycles. The fraction of sp³-hybridized carbons (Fsp3) is 0.966. The first-order valence-electron chi connectivity index (χ1n) is 14.6. The molecule has 0 aromatic carbocycles. The molecule has 0 rings (SSSR count). The SMILES string of the molecule is CCCCCCCCC(O)CCCCCCCCCCCCCCCCCCCC(=O)O. The molecule has 0 saturated heterocycles. The van der Waals surface area contributed by atoms with E-state index in [-0.39, 0.29) is 6.10 Å². The molecular weight excluding hydrogens is 396 g/mol. The Morgan fingerprint density at radius 3 is 1.09 bits per heavy atom. The molecule has 1 atom stereocenters. The van der Waals surface area contributed by atoms with Crippen molar-refractivity contribution in [1.82, 2.24) is 0 Å². The van der Waals surface area contributed by atoms with E-state index in [4.69, 9.17) is 5.11 Å². The molecule has 0 bridgehead atoms. The van der Waals surface area contributed by atoms with Crippen molar-refractivity contribution in [3.05, 3.63) is 0 Å². The summed E-state index contributed by atoms with van der Waals surface area (Å²) in [6, 6.07) is 0. The Kier molecular flexibility index (Phi) is 26.2. The highest BCUT2D eigenvalue weighted by atomic mass is 16.4. The van der Waals surface area contributed by atoms with Gasteiger partial charge in [-0.05, 0) is 19.3 Å². The van der Waals surface area contributed by atoms with Crippen LogP contribution in [0.2, 0.25) is 0 Å². The quantitative estimate of drug-likeness (QED) is 0.121. The largest absolute Gasteiger partial charge is 0.481 e. The molecule has 2 N–H and O–H groups in total. The molecule has 32 heavy (non-hydrogen) atoms. The third-order valence-electron chi connectivity index (χ3n) is 6.82. The second-order valence-corrected chi connectivity index (χ2v) is 10.2. The maximum absolute atomic E-state index is 10.4. The zero-order chi connectivity index (χ0) is 23.5. The molecule has 0 aliphatic rings. The Hall–Kier alpha value is -0.570. The van der Waals surface area contributed by atoms with Gasteiger partial charge in [-0.2, -0.15) is 0 Å². The van der Waals surface area contributed by atoms with E-state index in [0.717, 1.165) is 25.7 Å². The van der Waals surface area contributed by atoms with Gasteiger partial charge in [0.15, 0.2) is 0 Å². The molecule has 0 spiro atoms. The van der Waals surface area contributed by atoms with E-state index in [1.807, 2.05) is 0 Å². The highest BCUT2D eigenvalue weighted by Gasteiger charge is 2.03. The zero-order valence-electron chi connectivity index (χ0n) is 21.8. The Balaban J connectivity index is 3.11. The summed E-state index contributed by atoms with van der Waals surface area (Å²) in [7, 11) is 0. The van der Waals surface area contributed by atoms with E-state index in [1.54, 1.807) is 0 Å². The first kappa shape index (κ1) is 31.4. The first-order chi connectivity index (χ1) is 15.7. The molecule has 0 aromatic rings. The summed E-state index contributed by atoms with van der Waals surface area (Å²) < 4.78 is 0. The normalized spacial score (nSPS) is 12.3. The molecule has 0 heterocycles. The van der Waals surface area contributed by atoms with Crippen molar-refractivity contribution in [2.45, 2.75) is 180 Å². The van der Waals surface area contributed by atoms with Gasteiger partial charge in [0.1, 0.15) is 0 Å². The summed E-state index contributed by atoms with van der Waals surface area (Å²) >= 11 is 0. The predicted octanol–water partition coefficient (Wildman–Crippen LogP) is 9.59. The maximum Gasteiger partial charge on any atom is 0.303 e. The molecule has 1 unspecified atom stereocenters. The van der Waals surface area contributed by atoms with Crippen LogP contribution in [0.3, 0.4) is 0 Å². The van der Waals surface area contributed by atoms with Gasteiger partial charge in [0.25, 0.3) is 0 Å². The second-order valence-electron chi connectivity index (χ2n) is 10.2. The number of carboxylic acids is 1. The number of aliphatic carboxylic acids is 1. The Morgan fingerprint density at radius 2 is 0.781 bits per heavy atom. The zero-order valence-corrected chi connectivity index (χ0v) is 21.8. The molecule has 0 aliphatic carbocycles. The average Bonchev–Trinajstić information content (AvgIpc) is 2.77. The highest BCUT2D eigenvalue weighted by Crippen LogP contribution is 2.16. The molecule has 3 heteroatoms. The molecule has 0 saturated carbocycles. The van der Waals surface area contributed by atoms with Gasteiger partial charge in [-0.15, -0.1) is 0 Å². The maximum atomic E-state index is 10.4. The minimum absolute atomic E-state index is 0.0509. The molecule has 0 radical (unpaired) electrons. The van der Waals surface area contributed by atoms with Crippen LogP contribution >= 0.6 is 0 Å². The smallest absolute Gasteiger partial charge is 0.303 e. The van der Waals surface area contributed by atoms with Crippen molar-refractivity contribution in [3.8, 4) is 0 Å². The Morgan fingerprint density at radius 1 is 0.500 bits per heavy atom. The van der Waals surface area contributed by atoms with Crippen molar-refractivity contribution < 1.29 is 15.0 Å². The first-order valence-corrected chi connectivity index (χ1v) is 14.6. The van der Waals surface area contributed by atoms with E-state index < -0.39 is 5.97 Å². The van der Waals surface area contributed by atoms with E-state index >= 15 is 0 Å². The van der Waals surface area contributed by atoms with Gasteiger partial charge in [-0.25, -0.2) is 0 Å². The summed E-state index contributed by atoms with van der Waals surface area (Å²) in [4.78, 5) is 10.4. The van der Waals surface area contributed by atoms with Crippen LogP contribution < -0.4 is 0 Å². The number of rotatable bonds is 27. The van der Waals surface area contributed by atoms with Gasteiger partial charge in [0.2, 0.25) is 0 Å². The van der Waals surface area contributed by atoms with Crippen LogP contribution in [0.1, 0.15) is 174 Å². The van der Waals surface area contributed by atoms with Crippen LogP contribution in [0.15, 0.2) is 0 Å². The summed E-state index contributed by atoms with van der Waals surface area (Å²) in [6.45, 7) is 2.26. The van der Waals surface area contributed by atoms with Crippen molar-refractivity contribution in [1.29, 1.82) is 0 Å². The molecule has 0 fully saturated rings. The molecule has 192 valence electrons. The number of hydrogen-bond acceptors (Lipinski definition) is 2. The van der Waals surface area contributed by atoms with Gasteiger partial charge < -0.3 is 10.2 Å². The van der Waals surface area contributed by atoms with Crippen LogP contribution in [0.25, 0.3) is 0 Å². The fourth-order valence-electron chi connectivity index (χ4n) is 4.61. The standard InChI is InChI=1S/C29H58O3/c1-2-3-4-5-19-22-25-28(30)26-23-20-17-15-13-11-9-7-6-8-10-12-14-16-18-21-24-27-29(31)32/h28,30H,2-27H2,1H3,(H,31,32). The summed E-state index contributed by atoms with van der Waals surface area (Å²) in [6.07, 6.45) is 32.3. The molecule has 3 nitrogen and oxygen atoms in total. The number of unbranched alkanes of at least 4 members (excludes halogenated alkanes) is 21. The Labute approximate surface area is 201 Å². The van der Waals surface area contributed by atoms with E-state index in [9.17, 15) is 9.90 Å². The van der Waals surface area contributed by atoms with Crippen LogP contribution in [0, 0.1) is 0 Å². The predicted molar refractivity (Wildman–Crippen MR) is 139 cm³/mol. The summed E-state index contributed by atoms with van der Waals surface area (Å²) in [5, 5.41) is 18.7. The lowest BCUT2D eigenvalue weighted by atomic mass is 10.0. The lowest BCUT2D eigenvalue weighted by Crippen LogP contribution is -2.05. The van der Waals surface area contributed by atoms with Gasteiger partial charge in [-0.1, -0.05) is 148 Å². The second kappa shape index (κ2) is 26.7. The topological polar surface area (TPSA) is 57.5 Å². The molecule has 0 aromatic heterocycles. The number of aliphatic hydroxyl groups excluding tert-OH is 1. The van der Waals surface area contributed by atoms with Crippen molar-refractivity contribution in [2.24, 2.45) is 0 Å². The van der Waals surface area contributed by atoms with E-state index in [0.29, 0.717) is 6.42 Å². The van der Waals surface area contributed by atoms with Crippen LogP contribution in [0.4, 0.5) is 0 Å². The van der Waals surface area contributed by atoms with Gasteiger partial charge in [0, 0.05) is 6.42 Å². The third-order valence-corrected chi connectivity index (χ3v) is 6.82. The number of carbonyl (C=O) groups is 1. The third kappa shape index (κ3) is 27.5. The number of carboxylic acid groups (broad SMARTS) is 1. The fourth-order valence-corrected chi connectivity index (χ4v) is 4.61. The minimum atomic E-state index is -0.657. The lowest BCUT2D eigenvalue weighted by molar-refractivity contribution is -0.137. The van der Waals surface area contributed by atoms with Crippen LogP contribution in [0.5, 0.6) is 0 Å². The van der Waals surface area contributed by atoms with Gasteiger partial charge >= 0.3 is 5.97 Å². The summed E-state index contributed by atoms with van der Waals surface area (Å²) in [5.41, 5.74) is 0. The number of hydrogen-bond donors (Lipinski definition) is 2. The van der Waals surface area contributed by atoms with Crippen LogP contribution in [-0.4, -0.2) is 22.3 Å². The van der Waals surface area contributed by atoms with Crippen LogP contribution in [-0.2, 0) is 4.79 Å². The molecule has 0 amide bonds. The monoisotopic (exact) mass is 454 g/mol. The highest BCUT2D eigenvalue weighted by molar-refractivity contribution is 5.66.